The molecule has 0 aliphatic rings. The van der Waals surface area contributed by atoms with Crippen LogP contribution in [-0.2, 0) is 0 Å². The summed E-state index contributed by atoms with van der Waals surface area (Å²) < 4.78 is 5.69. The number of oxime groups is 1. The molecule has 0 saturated carbocycles. The van der Waals surface area contributed by atoms with Gasteiger partial charge in [-0.1, -0.05) is 18.5 Å². The summed E-state index contributed by atoms with van der Waals surface area (Å²) in [5, 5.41) is 11.5. The molecule has 0 bridgehead atoms. The zero-order valence-corrected chi connectivity index (χ0v) is 12.5. The summed E-state index contributed by atoms with van der Waals surface area (Å²) in [5.41, 5.74) is 6.17. The third kappa shape index (κ3) is 5.09. The molecule has 1 atom stereocenters. The van der Waals surface area contributed by atoms with Gasteiger partial charge in [-0.25, -0.2) is 0 Å². The summed E-state index contributed by atoms with van der Waals surface area (Å²) in [6.07, 6.45) is 2.40. The first kappa shape index (κ1) is 16.3. The molecule has 5 heteroatoms. The van der Waals surface area contributed by atoms with E-state index in [1.807, 2.05) is 12.1 Å². The van der Waals surface area contributed by atoms with Gasteiger partial charge in [0, 0.05) is 18.2 Å². The Kier molecular flexibility index (Phi) is 6.87. The standard InChI is InChI=1S/C15H25N3O2/c1-4-5-12(2)18(3)10-11-20-14-8-6-13(7-9-14)15(16)17-19/h6-9,12,19H,4-5,10-11H2,1-3H3,(H2,16,17). The summed E-state index contributed by atoms with van der Waals surface area (Å²) in [7, 11) is 2.12. The van der Waals surface area contributed by atoms with Crippen molar-refractivity contribution in [3.8, 4) is 5.75 Å². The second-order valence-corrected chi connectivity index (χ2v) is 4.98. The third-order valence-corrected chi connectivity index (χ3v) is 3.43. The van der Waals surface area contributed by atoms with E-state index in [2.05, 4.69) is 31.0 Å². The molecule has 0 fully saturated rings. The Morgan fingerprint density at radius 2 is 2.05 bits per heavy atom. The zero-order chi connectivity index (χ0) is 15.0. The van der Waals surface area contributed by atoms with Gasteiger partial charge in [0.25, 0.3) is 0 Å². The SMILES string of the molecule is CCCC(C)N(C)CCOc1ccc(C(N)=NO)cc1. The van der Waals surface area contributed by atoms with Gasteiger partial charge in [-0.15, -0.1) is 0 Å². The monoisotopic (exact) mass is 279 g/mol. The van der Waals surface area contributed by atoms with E-state index in [0.717, 1.165) is 12.3 Å². The van der Waals surface area contributed by atoms with Crippen LogP contribution in [0.1, 0.15) is 32.3 Å². The van der Waals surface area contributed by atoms with Gasteiger partial charge >= 0.3 is 0 Å². The fourth-order valence-electron chi connectivity index (χ4n) is 1.95. The second kappa shape index (κ2) is 8.43. The van der Waals surface area contributed by atoms with Gasteiger partial charge in [0.05, 0.1) is 0 Å². The van der Waals surface area contributed by atoms with E-state index < -0.39 is 0 Å². The Bertz CT molecular complexity index is 418. The van der Waals surface area contributed by atoms with Crippen LogP contribution in [0, 0.1) is 0 Å². The molecule has 0 spiro atoms. The number of likely N-dealkylation sites (N-methyl/N-ethyl adjacent to an activating group) is 1. The van der Waals surface area contributed by atoms with Crippen LogP contribution in [0.2, 0.25) is 0 Å². The molecule has 0 heterocycles. The number of rotatable bonds is 8. The fraction of sp³-hybridized carbons (Fsp3) is 0.533. The van der Waals surface area contributed by atoms with Crippen molar-refractivity contribution >= 4 is 5.84 Å². The predicted octanol–water partition coefficient (Wildman–Crippen LogP) is 2.28. The van der Waals surface area contributed by atoms with Crippen LogP contribution < -0.4 is 10.5 Å². The van der Waals surface area contributed by atoms with Crippen LogP contribution in [0.4, 0.5) is 0 Å². The Morgan fingerprint density at radius 3 is 2.60 bits per heavy atom. The third-order valence-electron chi connectivity index (χ3n) is 3.43. The van der Waals surface area contributed by atoms with Crippen molar-refractivity contribution in [3.63, 3.8) is 0 Å². The maximum atomic E-state index is 8.58. The zero-order valence-electron chi connectivity index (χ0n) is 12.5. The van der Waals surface area contributed by atoms with Crippen molar-refractivity contribution in [1.82, 2.24) is 4.90 Å². The lowest BCUT2D eigenvalue weighted by molar-refractivity contribution is 0.193. The Hall–Kier alpha value is -1.75. The van der Waals surface area contributed by atoms with Crippen molar-refractivity contribution in [2.75, 3.05) is 20.2 Å². The van der Waals surface area contributed by atoms with Crippen molar-refractivity contribution in [3.05, 3.63) is 29.8 Å². The highest BCUT2D eigenvalue weighted by atomic mass is 16.5. The lowest BCUT2D eigenvalue weighted by atomic mass is 10.2. The summed E-state index contributed by atoms with van der Waals surface area (Å²) in [4.78, 5) is 2.30. The first-order valence-corrected chi connectivity index (χ1v) is 6.99. The van der Waals surface area contributed by atoms with Crippen molar-refractivity contribution < 1.29 is 9.94 Å². The van der Waals surface area contributed by atoms with Crippen LogP contribution in [0.15, 0.2) is 29.4 Å². The summed E-state index contributed by atoms with van der Waals surface area (Å²) >= 11 is 0. The van der Waals surface area contributed by atoms with Crippen molar-refractivity contribution in [2.45, 2.75) is 32.7 Å². The Labute approximate surface area is 121 Å². The van der Waals surface area contributed by atoms with E-state index in [-0.39, 0.29) is 5.84 Å². The Balaban J connectivity index is 2.39. The summed E-state index contributed by atoms with van der Waals surface area (Å²) in [5.74, 6) is 0.890. The number of ether oxygens (including phenoxy) is 1. The molecule has 20 heavy (non-hydrogen) atoms. The largest absolute Gasteiger partial charge is 0.492 e. The highest BCUT2D eigenvalue weighted by Gasteiger charge is 2.07. The quantitative estimate of drug-likeness (QED) is 0.331. The molecule has 1 aromatic carbocycles. The molecule has 1 rings (SSSR count). The lowest BCUT2D eigenvalue weighted by Crippen LogP contribution is -2.32. The smallest absolute Gasteiger partial charge is 0.170 e. The van der Waals surface area contributed by atoms with Gasteiger partial charge in [-0.2, -0.15) is 0 Å². The molecule has 112 valence electrons. The van der Waals surface area contributed by atoms with Crippen LogP contribution in [-0.4, -0.2) is 42.2 Å². The molecule has 0 aliphatic heterocycles. The second-order valence-electron chi connectivity index (χ2n) is 4.98. The van der Waals surface area contributed by atoms with Crippen LogP contribution >= 0.6 is 0 Å². The number of hydrogen-bond acceptors (Lipinski definition) is 4. The number of nitrogens with two attached hydrogens (primary N) is 1. The summed E-state index contributed by atoms with van der Waals surface area (Å²) in [6, 6.07) is 7.76. The number of nitrogens with zero attached hydrogens (tertiary/aromatic N) is 2. The molecule has 5 nitrogen and oxygen atoms in total. The van der Waals surface area contributed by atoms with Crippen LogP contribution in [0.3, 0.4) is 0 Å². The predicted molar refractivity (Wildman–Crippen MR) is 81.4 cm³/mol. The minimum Gasteiger partial charge on any atom is -0.492 e. The van der Waals surface area contributed by atoms with E-state index in [1.165, 1.54) is 12.8 Å². The van der Waals surface area contributed by atoms with Gasteiger partial charge in [-0.3, -0.25) is 0 Å². The van der Waals surface area contributed by atoms with E-state index in [4.69, 9.17) is 15.7 Å². The minimum absolute atomic E-state index is 0.102. The van der Waals surface area contributed by atoms with E-state index >= 15 is 0 Å². The van der Waals surface area contributed by atoms with Crippen molar-refractivity contribution in [1.29, 1.82) is 0 Å². The average Bonchev–Trinajstić information content (AvgIpc) is 2.47. The number of amidine groups is 1. The molecule has 0 amide bonds. The van der Waals surface area contributed by atoms with Gasteiger partial charge in [-0.05, 0) is 44.7 Å². The van der Waals surface area contributed by atoms with E-state index in [0.29, 0.717) is 18.2 Å². The number of hydrogen-bond donors (Lipinski definition) is 2. The molecule has 0 aromatic heterocycles. The highest BCUT2D eigenvalue weighted by molar-refractivity contribution is 5.97. The fourth-order valence-corrected chi connectivity index (χ4v) is 1.95. The molecule has 1 unspecified atom stereocenters. The molecule has 0 saturated heterocycles. The first-order chi connectivity index (χ1) is 9.58. The highest BCUT2D eigenvalue weighted by Crippen LogP contribution is 2.12. The molecular formula is C15H25N3O2. The Morgan fingerprint density at radius 1 is 1.40 bits per heavy atom. The molecule has 1 aromatic rings. The van der Waals surface area contributed by atoms with Crippen molar-refractivity contribution in [2.24, 2.45) is 10.9 Å². The van der Waals surface area contributed by atoms with Gasteiger partial charge in [0.15, 0.2) is 5.84 Å². The van der Waals surface area contributed by atoms with Crippen LogP contribution in [0.5, 0.6) is 5.75 Å². The average molecular weight is 279 g/mol. The molecular weight excluding hydrogens is 254 g/mol. The van der Waals surface area contributed by atoms with E-state index in [9.17, 15) is 0 Å². The summed E-state index contributed by atoms with van der Waals surface area (Å²) in [6.45, 7) is 5.97. The maximum Gasteiger partial charge on any atom is 0.170 e. The van der Waals surface area contributed by atoms with Gasteiger partial charge < -0.3 is 20.6 Å². The first-order valence-electron chi connectivity index (χ1n) is 6.99. The molecule has 3 N–H and O–H groups in total. The number of benzene rings is 1. The molecule has 0 aliphatic carbocycles. The van der Waals surface area contributed by atoms with Crippen LogP contribution in [0.25, 0.3) is 0 Å². The molecule has 0 radical (unpaired) electrons. The normalized spacial score (nSPS) is 13.5. The van der Waals surface area contributed by atoms with Gasteiger partial charge in [0.2, 0.25) is 0 Å². The van der Waals surface area contributed by atoms with E-state index in [1.54, 1.807) is 12.1 Å². The maximum absolute atomic E-state index is 8.58. The minimum atomic E-state index is 0.102. The lowest BCUT2D eigenvalue weighted by Gasteiger charge is -2.24. The van der Waals surface area contributed by atoms with Gasteiger partial charge in [0.1, 0.15) is 12.4 Å². The topological polar surface area (TPSA) is 71.1 Å².